The summed E-state index contributed by atoms with van der Waals surface area (Å²) in [6.07, 6.45) is -6.35. The summed E-state index contributed by atoms with van der Waals surface area (Å²) in [5.74, 6) is 0.116. The van der Waals surface area contributed by atoms with Crippen LogP contribution in [0, 0.1) is 5.92 Å². The van der Waals surface area contributed by atoms with Gasteiger partial charge in [-0.3, -0.25) is 19.5 Å². The number of nitrogens with zero attached hydrogens (tertiary/aromatic N) is 2. The number of rotatable bonds is 8. The van der Waals surface area contributed by atoms with Gasteiger partial charge in [-0.05, 0) is 81.6 Å². The molecule has 2 saturated heterocycles. The minimum absolute atomic E-state index is 0.00670. The van der Waals surface area contributed by atoms with Crippen LogP contribution in [0.4, 0.5) is 31.1 Å². The fourth-order valence-electron chi connectivity index (χ4n) is 4.14. The lowest BCUT2D eigenvalue weighted by Gasteiger charge is -2.31. The van der Waals surface area contributed by atoms with E-state index in [4.69, 9.17) is 0 Å². The van der Waals surface area contributed by atoms with Gasteiger partial charge in [0.2, 0.25) is 0 Å². The molecular weight excluding hydrogens is 536 g/mol. The zero-order chi connectivity index (χ0) is 28.3. The first-order chi connectivity index (χ1) is 17.5. The van der Waals surface area contributed by atoms with E-state index in [-0.39, 0.29) is 54.5 Å². The zero-order valence-corrected chi connectivity index (χ0v) is 21.7. The number of carbonyl (C=O) groups excluding carboxylic acids is 2. The molecule has 0 aromatic heterocycles. The van der Waals surface area contributed by atoms with Gasteiger partial charge in [-0.15, -0.1) is 0 Å². The minimum atomic E-state index is -4.91. The summed E-state index contributed by atoms with van der Waals surface area (Å²) in [4.78, 5) is 30.5. The van der Waals surface area contributed by atoms with E-state index in [0.717, 1.165) is 17.8 Å². The molecule has 2 fully saturated rings. The Labute approximate surface area is 220 Å². The fourth-order valence-corrected chi connectivity index (χ4v) is 4.96. The Hall–Kier alpha value is -2.38. The Bertz CT molecular complexity index is 1100. The van der Waals surface area contributed by atoms with Gasteiger partial charge < -0.3 is 10.4 Å². The lowest BCUT2D eigenvalue weighted by atomic mass is 9.95. The highest BCUT2D eigenvalue weighted by molar-refractivity contribution is 8.18. The van der Waals surface area contributed by atoms with E-state index in [1.54, 1.807) is 18.7 Å². The lowest BCUT2D eigenvalue weighted by molar-refractivity contribution is -0.143. The van der Waals surface area contributed by atoms with Crippen LogP contribution >= 0.6 is 11.8 Å². The number of halogens is 6. The number of nitrogens with one attached hydrogen (secondary N) is 1. The molecule has 2 heterocycles. The molecule has 2 aliphatic rings. The molecule has 0 bridgehead atoms. The van der Waals surface area contributed by atoms with E-state index in [1.807, 2.05) is 6.08 Å². The number of ketones is 1. The summed E-state index contributed by atoms with van der Waals surface area (Å²) in [5.41, 5.74) is -3.82. The molecule has 0 radical (unpaired) electrons. The monoisotopic (exact) mass is 565 g/mol. The molecule has 1 aromatic rings. The highest BCUT2D eigenvalue weighted by Gasteiger charge is 2.38. The van der Waals surface area contributed by atoms with Gasteiger partial charge >= 0.3 is 12.4 Å². The first-order valence-electron chi connectivity index (χ1n) is 12.0. The summed E-state index contributed by atoms with van der Waals surface area (Å²) in [6.45, 7) is 3.76. The number of benzene rings is 1. The number of allylic oxidation sites excluding steroid dienone is 1. The number of aliphatic hydroxyl groups is 1. The molecular formula is C25H29F6N3O3S. The number of hydrogen-bond donors (Lipinski definition) is 2. The number of piperidine rings is 1. The third kappa shape index (κ3) is 8.84. The van der Waals surface area contributed by atoms with Gasteiger partial charge in [0.25, 0.3) is 5.24 Å². The molecule has 0 spiro atoms. The molecule has 2 aliphatic heterocycles. The summed E-state index contributed by atoms with van der Waals surface area (Å²) in [7, 11) is 0. The summed E-state index contributed by atoms with van der Waals surface area (Å²) in [5, 5.41) is 12.0. The molecule has 13 heteroatoms. The fraction of sp³-hybridized carbons (Fsp3) is 0.560. The van der Waals surface area contributed by atoms with Crippen molar-refractivity contribution >= 4 is 28.6 Å². The average Bonchev–Trinajstić information content (AvgIpc) is 3.14. The number of carbonyl (C=O) groups is 2. The minimum Gasteiger partial charge on any atom is -0.390 e. The van der Waals surface area contributed by atoms with Crippen molar-refractivity contribution in [3.05, 3.63) is 45.9 Å². The summed E-state index contributed by atoms with van der Waals surface area (Å²) in [6, 6.07) is 1.71. The number of likely N-dealkylation sites (tertiary alicyclic amines) is 1. The van der Waals surface area contributed by atoms with Crippen molar-refractivity contribution in [2.24, 2.45) is 10.9 Å². The normalized spacial score (nSPS) is 20.4. The van der Waals surface area contributed by atoms with Crippen molar-refractivity contribution in [1.82, 2.24) is 10.2 Å². The third-order valence-electron chi connectivity index (χ3n) is 6.24. The Morgan fingerprint density at radius 2 is 1.82 bits per heavy atom. The number of Topliss-reactive ketones (excluding diaryl/α,β-unsaturated/α-hetero) is 1. The maximum Gasteiger partial charge on any atom is 0.416 e. The van der Waals surface area contributed by atoms with Crippen molar-refractivity contribution in [3.63, 3.8) is 0 Å². The largest absolute Gasteiger partial charge is 0.416 e. The van der Waals surface area contributed by atoms with Crippen molar-refractivity contribution in [1.29, 1.82) is 0 Å². The highest BCUT2D eigenvalue weighted by Crippen LogP contribution is 2.38. The number of thioether (sulfide) groups is 1. The molecule has 0 unspecified atom stereocenters. The molecule has 0 aliphatic carbocycles. The molecule has 6 nitrogen and oxygen atoms in total. The van der Waals surface area contributed by atoms with Crippen LogP contribution in [-0.2, 0) is 23.7 Å². The molecule has 0 atom stereocenters. The van der Waals surface area contributed by atoms with Crippen molar-refractivity contribution in [3.8, 4) is 0 Å². The van der Waals surface area contributed by atoms with Gasteiger partial charge in [-0.1, -0.05) is 12.1 Å². The second-order valence-electron chi connectivity index (χ2n) is 10.0. The van der Waals surface area contributed by atoms with Crippen LogP contribution in [0.5, 0.6) is 0 Å². The van der Waals surface area contributed by atoms with Gasteiger partial charge in [0.1, 0.15) is 5.84 Å². The first-order valence-corrected chi connectivity index (χ1v) is 12.8. The Morgan fingerprint density at radius 1 is 1.16 bits per heavy atom. The molecule has 0 saturated carbocycles. The quantitative estimate of drug-likeness (QED) is 0.390. The number of aliphatic imine (C=N–C) groups is 1. The van der Waals surface area contributed by atoms with Crippen molar-refractivity contribution in [2.75, 3.05) is 19.6 Å². The molecule has 1 aromatic carbocycles. The maximum atomic E-state index is 13.5. The van der Waals surface area contributed by atoms with E-state index in [0.29, 0.717) is 42.7 Å². The van der Waals surface area contributed by atoms with Crippen LogP contribution in [0.25, 0.3) is 0 Å². The number of alkyl halides is 6. The Balaban J connectivity index is 1.62. The Morgan fingerprint density at radius 3 is 2.39 bits per heavy atom. The SMILES string of the molecule is CC(C)(O)CCC(=O)CN=C1NC(=O)S/C1=C\C1CCN(Cc2ccc(C(F)(F)F)cc2C(F)(F)F)CC1. The van der Waals surface area contributed by atoms with E-state index in [2.05, 4.69) is 10.3 Å². The van der Waals surface area contributed by atoms with Gasteiger partial charge in [0.15, 0.2) is 5.78 Å². The first kappa shape index (κ1) is 30.2. The van der Waals surface area contributed by atoms with Gasteiger partial charge in [0, 0.05) is 13.0 Å². The van der Waals surface area contributed by atoms with Gasteiger partial charge in [-0.25, -0.2) is 0 Å². The predicted octanol–water partition coefficient (Wildman–Crippen LogP) is 5.80. The third-order valence-corrected chi connectivity index (χ3v) is 7.08. The van der Waals surface area contributed by atoms with E-state index in [9.17, 15) is 41.0 Å². The van der Waals surface area contributed by atoms with E-state index < -0.39 is 29.1 Å². The maximum absolute atomic E-state index is 13.5. The lowest BCUT2D eigenvalue weighted by Crippen LogP contribution is -2.33. The van der Waals surface area contributed by atoms with Crippen LogP contribution in [0.1, 0.15) is 56.2 Å². The zero-order valence-electron chi connectivity index (χ0n) is 20.9. The molecule has 210 valence electrons. The number of hydrogen-bond acceptors (Lipinski definition) is 6. The standard InChI is InChI=1S/C25H29F6N3O3S/c1-23(2,37)8-5-18(35)13-32-21-20(38-22(36)33-21)11-15-6-9-34(10-7-15)14-16-3-4-17(24(26,27)28)12-19(16)25(29,30)31/h3-4,11-12,15,37H,5-10,13-14H2,1-2H3,(H,32,33,36)/b20-11-. The van der Waals surface area contributed by atoms with Crippen LogP contribution in [0.3, 0.4) is 0 Å². The van der Waals surface area contributed by atoms with E-state index in [1.165, 1.54) is 0 Å². The van der Waals surface area contributed by atoms with Crippen LogP contribution in [-0.4, -0.2) is 52.1 Å². The number of amides is 1. The topological polar surface area (TPSA) is 82.0 Å². The molecule has 2 N–H and O–H groups in total. The average molecular weight is 566 g/mol. The Kier molecular flexibility index (Phi) is 9.36. The summed E-state index contributed by atoms with van der Waals surface area (Å²) < 4.78 is 79.2. The smallest absolute Gasteiger partial charge is 0.390 e. The van der Waals surface area contributed by atoms with Crippen molar-refractivity contribution < 1.29 is 41.0 Å². The van der Waals surface area contributed by atoms with Crippen LogP contribution in [0.15, 0.2) is 34.2 Å². The second kappa shape index (κ2) is 11.8. The van der Waals surface area contributed by atoms with Crippen molar-refractivity contribution in [2.45, 2.75) is 64.0 Å². The molecule has 3 rings (SSSR count). The van der Waals surface area contributed by atoms with Crippen LogP contribution < -0.4 is 5.32 Å². The highest BCUT2D eigenvalue weighted by atomic mass is 32.2. The predicted molar refractivity (Wildman–Crippen MR) is 131 cm³/mol. The second-order valence-corrected chi connectivity index (χ2v) is 11.1. The molecule has 38 heavy (non-hydrogen) atoms. The van der Waals surface area contributed by atoms with E-state index >= 15 is 0 Å². The molecule has 1 amide bonds. The number of amidine groups is 1. The summed E-state index contributed by atoms with van der Waals surface area (Å²) >= 11 is 0.946. The van der Waals surface area contributed by atoms with Gasteiger partial charge in [-0.2, -0.15) is 26.3 Å². The van der Waals surface area contributed by atoms with Gasteiger partial charge in [0.05, 0.1) is 28.2 Å². The van der Waals surface area contributed by atoms with Crippen LogP contribution in [0.2, 0.25) is 0 Å².